The Balaban J connectivity index is 2.82. The molecule has 0 aromatic rings. The van der Waals surface area contributed by atoms with E-state index in [0.717, 1.165) is 19.4 Å². The van der Waals surface area contributed by atoms with Crippen molar-refractivity contribution in [3.63, 3.8) is 0 Å². The normalized spacial score (nSPS) is 8.60. The first kappa shape index (κ1) is 9.52. The van der Waals surface area contributed by atoms with Gasteiger partial charge in [-0.05, 0) is 19.8 Å². The van der Waals surface area contributed by atoms with Gasteiger partial charge in [0.1, 0.15) is 0 Å². The molecule has 0 atom stereocenters. The Labute approximate surface area is 63.8 Å². The average molecular weight is 139 g/mol. The number of hydrogen-bond donors (Lipinski definition) is 0. The van der Waals surface area contributed by atoms with Crippen molar-refractivity contribution in [3.05, 3.63) is 7.11 Å². The van der Waals surface area contributed by atoms with Crippen molar-refractivity contribution >= 4 is 0 Å². The third-order valence-electron chi connectivity index (χ3n) is 1.27. The molecule has 0 amide bonds. The molecule has 0 fully saturated rings. The Kier molecular flexibility index (Phi) is 8.11. The molecule has 0 aliphatic carbocycles. The highest BCUT2D eigenvalue weighted by Crippen LogP contribution is 1.98. The maximum Gasteiger partial charge on any atom is 0.0700 e. The van der Waals surface area contributed by atoms with Crippen LogP contribution < -0.4 is 0 Å². The highest BCUT2D eigenvalue weighted by atomic mass is 16.5. The van der Waals surface area contributed by atoms with Gasteiger partial charge in [0.25, 0.3) is 0 Å². The predicted octanol–water partition coefficient (Wildman–Crippen LogP) is 2.38. The molecule has 0 bridgehead atoms. The van der Waals surface area contributed by atoms with Gasteiger partial charge in [-0.3, -0.25) is 0 Å². The lowest BCUT2D eigenvalue weighted by molar-refractivity contribution is 0.234. The molecule has 0 aromatic carbocycles. The first-order valence-electron chi connectivity index (χ1n) is 3.68. The van der Waals surface area contributed by atoms with E-state index in [1.807, 2.05) is 6.92 Å². The summed E-state index contributed by atoms with van der Waals surface area (Å²) in [6.45, 7) is 2.65. The highest BCUT2D eigenvalue weighted by molar-refractivity contribution is 4.94. The lowest BCUT2D eigenvalue weighted by atomic mass is 10.2. The molecule has 0 N–H and O–H groups in total. The first-order chi connectivity index (χ1) is 4.91. The molecule has 1 nitrogen and oxygen atoms in total. The fraction of sp³-hybridized carbons (Fsp3) is 0.667. The van der Waals surface area contributed by atoms with Crippen LogP contribution in [0.1, 0.15) is 32.6 Å². The van der Waals surface area contributed by atoms with Crippen molar-refractivity contribution in [2.75, 3.05) is 6.61 Å². The number of rotatable bonds is 5. The van der Waals surface area contributed by atoms with Gasteiger partial charge >= 0.3 is 0 Å². The molecule has 0 spiro atoms. The average Bonchev–Trinajstić information content (AvgIpc) is 1.97. The molecule has 0 aliphatic heterocycles. The van der Waals surface area contributed by atoms with Crippen LogP contribution in [0.2, 0.25) is 0 Å². The van der Waals surface area contributed by atoms with Crippen LogP contribution in [0.25, 0.3) is 0 Å². The van der Waals surface area contributed by atoms with E-state index in [9.17, 15) is 0 Å². The highest BCUT2D eigenvalue weighted by Gasteiger charge is 1.85. The van der Waals surface area contributed by atoms with Crippen molar-refractivity contribution in [2.24, 2.45) is 0 Å². The summed E-state index contributed by atoms with van der Waals surface area (Å²) in [7, 11) is 3.29. The van der Waals surface area contributed by atoms with E-state index in [-0.39, 0.29) is 0 Å². The number of unbranched alkanes of at least 4 members (excludes halogenated alkanes) is 3. The van der Waals surface area contributed by atoms with E-state index in [1.54, 1.807) is 0 Å². The van der Waals surface area contributed by atoms with Crippen LogP contribution in [0.15, 0.2) is 0 Å². The van der Waals surface area contributed by atoms with Crippen LogP contribution in [0.5, 0.6) is 0 Å². The Bertz CT molecular complexity index is 108. The summed E-state index contributed by atoms with van der Waals surface area (Å²) in [5, 5.41) is 0. The summed E-state index contributed by atoms with van der Waals surface area (Å²) in [5.74, 6) is 5.88. The minimum Gasteiger partial charge on any atom is -0.379 e. The molecular formula is C9H15O. The van der Waals surface area contributed by atoms with E-state index in [0.29, 0.717) is 0 Å². The third-order valence-corrected chi connectivity index (χ3v) is 1.27. The molecule has 1 radical (unpaired) electrons. The molecule has 0 heterocycles. The fourth-order valence-corrected chi connectivity index (χ4v) is 0.719. The predicted molar refractivity (Wildman–Crippen MR) is 43.2 cm³/mol. The molecule has 0 rings (SSSR count). The van der Waals surface area contributed by atoms with E-state index >= 15 is 0 Å². The van der Waals surface area contributed by atoms with E-state index in [2.05, 4.69) is 23.7 Å². The van der Waals surface area contributed by atoms with Gasteiger partial charge in [0, 0.05) is 13.0 Å². The summed E-state index contributed by atoms with van der Waals surface area (Å²) in [6.07, 6.45) is 4.51. The summed E-state index contributed by atoms with van der Waals surface area (Å²) >= 11 is 0. The molecule has 0 saturated carbocycles. The lowest BCUT2D eigenvalue weighted by Gasteiger charge is -1.95. The zero-order valence-electron chi connectivity index (χ0n) is 6.65. The van der Waals surface area contributed by atoms with Crippen LogP contribution in [0.4, 0.5) is 0 Å². The van der Waals surface area contributed by atoms with Crippen LogP contribution in [0.3, 0.4) is 0 Å². The van der Waals surface area contributed by atoms with Gasteiger partial charge in [-0.25, -0.2) is 0 Å². The van der Waals surface area contributed by atoms with Crippen molar-refractivity contribution < 1.29 is 4.74 Å². The van der Waals surface area contributed by atoms with Gasteiger partial charge in [-0.1, -0.05) is 6.42 Å². The maximum absolute atomic E-state index is 4.66. The van der Waals surface area contributed by atoms with Crippen molar-refractivity contribution in [2.45, 2.75) is 32.6 Å². The largest absolute Gasteiger partial charge is 0.379 e. The van der Waals surface area contributed by atoms with Crippen LogP contribution in [0, 0.1) is 19.0 Å². The summed E-state index contributed by atoms with van der Waals surface area (Å²) in [6, 6.07) is 0. The second-order valence-electron chi connectivity index (χ2n) is 2.15. The van der Waals surface area contributed by atoms with Crippen LogP contribution >= 0.6 is 0 Å². The molecule has 0 aromatic heterocycles. The smallest absolute Gasteiger partial charge is 0.0700 e. The minimum absolute atomic E-state index is 0.777. The van der Waals surface area contributed by atoms with Gasteiger partial charge in [-0.2, -0.15) is 0 Å². The minimum atomic E-state index is 0.777. The van der Waals surface area contributed by atoms with E-state index in [1.165, 1.54) is 12.8 Å². The lowest BCUT2D eigenvalue weighted by Crippen LogP contribution is -1.85. The van der Waals surface area contributed by atoms with Gasteiger partial charge < -0.3 is 4.74 Å². The van der Waals surface area contributed by atoms with E-state index in [4.69, 9.17) is 0 Å². The Morgan fingerprint density at radius 3 is 2.70 bits per heavy atom. The molecule has 0 aliphatic rings. The summed E-state index contributed by atoms with van der Waals surface area (Å²) < 4.78 is 4.66. The van der Waals surface area contributed by atoms with Gasteiger partial charge in [0.15, 0.2) is 0 Å². The van der Waals surface area contributed by atoms with E-state index < -0.39 is 0 Å². The van der Waals surface area contributed by atoms with Crippen molar-refractivity contribution in [1.82, 2.24) is 0 Å². The Morgan fingerprint density at radius 1 is 1.30 bits per heavy atom. The maximum atomic E-state index is 4.66. The first-order valence-corrected chi connectivity index (χ1v) is 3.68. The summed E-state index contributed by atoms with van der Waals surface area (Å²) in [4.78, 5) is 0. The molecule has 0 unspecified atom stereocenters. The zero-order chi connectivity index (χ0) is 7.66. The molecule has 1 heteroatoms. The van der Waals surface area contributed by atoms with Crippen LogP contribution in [-0.2, 0) is 4.74 Å². The van der Waals surface area contributed by atoms with Gasteiger partial charge in [0.2, 0.25) is 0 Å². The molecular weight excluding hydrogens is 124 g/mol. The SMILES string of the molecule is [CH2]OCCCCCC#CC. The monoisotopic (exact) mass is 139 g/mol. The van der Waals surface area contributed by atoms with Crippen molar-refractivity contribution in [3.8, 4) is 11.8 Å². The topological polar surface area (TPSA) is 9.23 Å². The van der Waals surface area contributed by atoms with Crippen molar-refractivity contribution in [1.29, 1.82) is 0 Å². The molecule has 57 valence electrons. The summed E-state index contributed by atoms with van der Waals surface area (Å²) in [5.41, 5.74) is 0. The Morgan fingerprint density at radius 2 is 2.10 bits per heavy atom. The standard InChI is InChI=1S/C9H15O/c1-3-4-5-6-7-8-9-10-2/h2,5-9H2,1H3. The Hall–Kier alpha value is -0.480. The fourth-order valence-electron chi connectivity index (χ4n) is 0.719. The van der Waals surface area contributed by atoms with Crippen LogP contribution in [-0.4, -0.2) is 6.61 Å². The number of ether oxygens (including phenoxy) is 1. The molecule has 0 saturated heterocycles. The third kappa shape index (κ3) is 7.52. The van der Waals surface area contributed by atoms with Gasteiger partial charge in [0.05, 0.1) is 7.11 Å². The van der Waals surface area contributed by atoms with Gasteiger partial charge in [-0.15, -0.1) is 11.8 Å². The number of hydrogen-bond acceptors (Lipinski definition) is 1. The second-order valence-corrected chi connectivity index (χ2v) is 2.15. The zero-order valence-corrected chi connectivity index (χ0v) is 6.65. The molecule has 10 heavy (non-hydrogen) atoms. The quantitative estimate of drug-likeness (QED) is 0.419. The second kappa shape index (κ2) is 8.52.